The summed E-state index contributed by atoms with van der Waals surface area (Å²) < 4.78 is 7.72. The molecule has 1 aliphatic heterocycles. The van der Waals surface area contributed by atoms with Gasteiger partial charge in [0.1, 0.15) is 0 Å². The van der Waals surface area contributed by atoms with E-state index in [-0.39, 0.29) is 12.1 Å². The van der Waals surface area contributed by atoms with Gasteiger partial charge >= 0.3 is 6.03 Å². The molecule has 7 nitrogen and oxygen atoms in total. The Bertz CT molecular complexity index is 866. The molecule has 140 valence electrons. The SMILES string of the molecule is O=C(Nc1cccc(-c2cscn2)c1)N1CCCO[C@@H](Cn2cccn2)C1. The second kappa shape index (κ2) is 8.32. The minimum absolute atomic E-state index is 0.0699. The number of carbonyl (C=O) groups excluding carboxylic acids is 1. The number of amides is 2. The van der Waals surface area contributed by atoms with Crippen molar-refractivity contribution in [3.63, 3.8) is 0 Å². The van der Waals surface area contributed by atoms with Crippen LogP contribution in [0.4, 0.5) is 10.5 Å². The second-order valence-corrected chi connectivity index (χ2v) is 7.12. The fourth-order valence-electron chi connectivity index (χ4n) is 3.12. The number of nitrogens with one attached hydrogen (secondary N) is 1. The molecule has 2 aromatic heterocycles. The van der Waals surface area contributed by atoms with Crippen LogP contribution >= 0.6 is 11.3 Å². The van der Waals surface area contributed by atoms with Crippen LogP contribution in [0.1, 0.15) is 6.42 Å². The van der Waals surface area contributed by atoms with E-state index in [0.29, 0.717) is 26.2 Å². The van der Waals surface area contributed by atoms with Gasteiger partial charge in [-0.2, -0.15) is 5.10 Å². The van der Waals surface area contributed by atoms with E-state index >= 15 is 0 Å². The van der Waals surface area contributed by atoms with Crippen molar-refractivity contribution in [1.82, 2.24) is 19.7 Å². The fourth-order valence-corrected chi connectivity index (χ4v) is 3.68. The van der Waals surface area contributed by atoms with Crippen LogP contribution in [0.3, 0.4) is 0 Å². The first-order chi connectivity index (χ1) is 13.3. The van der Waals surface area contributed by atoms with E-state index in [4.69, 9.17) is 4.74 Å². The number of hydrogen-bond acceptors (Lipinski definition) is 5. The lowest BCUT2D eigenvalue weighted by Gasteiger charge is -2.24. The Morgan fingerprint density at radius 1 is 1.37 bits per heavy atom. The van der Waals surface area contributed by atoms with Crippen molar-refractivity contribution < 1.29 is 9.53 Å². The zero-order valence-corrected chi connectivity index (χ0v) is 15.6. The number of urea groups is 1. The average Bonchev–Trinajstić information content (AvgIpc) is 3.34. The topological polar surface area (TPSA) is 72.3 Å². The third-order valence-corrected chi connectivity index (χ3v) is 5.02. The molecule has 4 rings (SSSR count). The smallest absolute Gasteiger partial charge is 0.321 e. The molecule has 3 heterocycles. The first-order valence-corrected chi connectivity index (χ1v) is 9.86. The summed E-state index contributed by atoms with van der Waals surface area (Å²) >= 11 is 1.55. The summed E-state index contributed by atoms with van der Waals surface area (Å²) in [7, 11) is 0. The first-order valence-electron chi connectivity index (χ1n) is 8.91. The average molecular weight is 383 g/mol. The van der Waals surface area contributed by atoms with Crippen LogP contribution in [-0.4, -0.2) is 51.5 Å². The predicted octanol–water partition coefficient (Wildman–Crippen LogP) is 3.33. The third-order valence-electron chi connectivity index (χ3n) is 4.43. The number of thiazole rings is 1. The van der Waals surface area contributed by atoms with Crippen molar-refractivity contribution in [2.24, 2.45) is 0 Å². The van der Waals surface area contributed by atoms with Gasteiger partial charge in [-0.05, 0) is 24.6 Å². The largest absolute Gasteiger partial charge is 0.374 e. The Balaban J connectivity index is 1.41. The summed E-state index contributed by atoms with van der Waals surface area (Å²) in [6, 6.07) is 9.53. The highest BCUT2D eigenvalue weighted by molar-refractivity contribution is 7.07. The van der Waals surface area contributed by atoms with Crippen molar-refractivity contribution in [3.05, 3.63) is 53.6 Å². The van der Waals surface area contributed by atoms with Crippen molar-refractivity contribution in [2.45, 2.75) is 19.1 Å². The highest BCUT2D eigenvalue weighted by Crippen LogP contribution is 2.22. The molecule has 1 aliphatic rings. The quantitative estimate of drug-likeness (QED) is 0.750. The molecule has 0 aliphatic carbocycles. The molecule has 0 bridgehead atoms. The maximum Gasteiger partial charge on any atom is 0.321 e. The first kappa shape index (κ1) is 17.7. The van der Waals surface area contributed by atoms with E-state index in [1.165, 1.54) is 0 Å². The van der Waals surface area contributed by atoms with Gasteiger partial charge in [-0.15, -0.1) is 11.3 Å². The standard InChI is InChI=1S/C19H21N5O2S/c25-19(22-16-5-1-4-15(10-16)18-13-27-14-20-18)23-7-3-9-26-17(11-23)12-24-8-2-6-21-24/h1-2,4-6,8,10,13-14,17H,3,7,9,11-12H2,(H,22,25)/t17-/m1/s1. The minimum Gasteiger partial charge on any atom is -0.374 e. The lowest BCUT2D eigenvalue weighted by molar-refractivity contribution is 0.0442. The van der Waals surface area contributed by atoms with Gasteiger partial charge in [-0.1, -0.05) is 12.1 Å². The number of carbonyl (C=O) groups is 1. The van der Waals surface area contributed by atoms with Gasteiger partial charge in [0.05, 0.1) is 30.4 Å². The second-order valence-electron chi connectivity index (χ2n) is 6.41. The molecule has 1 fully saturated rings. The molecule has 0 unspecified atom stereocenters. The molecule has 0 spiro atoms. The third kappa shape index (κ3) is 4.53. The number of ether oxygens (including phenoxy) is 1. The van der Waals surface area contributed by atoms with Crippen molar-refractivity contribution in [3.8, 4) is 11.3 Å². The number of benzene rings is 1. The number of rotatable bonds is 4. The summed E-state index contributed by atoms with van der Waals surface area (Å²) in [5, 5.41) is 9.22. The Hall–Kier alpha value is -2.71. The molecule has 3 aromatic rings. The Morgan fingerprint density at radius 3 is 3.15 bits per heavy atom. The van der Waals surface area contributed by atoms with E-state index in [9.17, 15) is 4.79 Å². The van der Waals surface area contributed by atoms with Crippen LogP contribution in [0.5, 0.6) is 0 Å². The Labute approximate surface area is 161 Å². The van der Waals surface area contributed by atoms with Gasteiger partial charge in [-0.3, -0.25) is 4.68 Å². The molecule has 1 atom stereocenters. The van der Waals surface area contributed by atoms with Crippen molar-refractivity contribution in [2.75, 3.05) is 25.0 Å². The summed E-state index contributed by atoms with van der Waals surface area (Å²) in [5.74, 6) is 0. The van der Waals surface area contributed by atoms with Crippen LogP contribution < -0.4 is 5.32 Å². The van der Waals surface area contributed by atoms with Gasteiger partial charge in [0.15, 0.2) is 0 Å². The zero-order valence-electron chi connectivity index (χ0n) is 14.8. The molecule has 1 aromatic carbocycles. The van der Waals surface area contributed by atoms with Crippen LogP contribution in [0.25, 0.3) is 11.3 Å². The predicted molar refractivity (Wildman–Crippen MR) is 105 cm³/mol. The summed E-state index contributed by atoms with van der Waals surface area (Å²) in [6.07, 6.45) is 4.40. The molecule has 0 radical (unpaired) electrons. The van der Waals surface area contributed by atoms with Gasteiger partial charge in [-0.25, -0.2) is 9.78 Å². The number of hydrogen-bond donors (Lipinski definition) is 1. The number of anilines is 1. The lowest BCUT2D eigenvalue weighted by Crippen LogP contribution is -2.41. The fraction of sp³-hybridized carbons (Fsp3) is 0.316. The molecular weight excluding hydrogens is 362 g/mol. The number of aromatic nitrogens is 3. The van der Waals surface area contributed by atoms with Crippen LogP contribution in [0.15, 0.2) is 53.6 Å². The van der Waals surface area contributed by atoms with E-state index in [1.54, 1.807) is 23.0 Å². The van der Waals surface area contributed by atoms with Gasteiger partial charge in [0.2, 0.25) is 0 Å². The van der Waals surface area contributed by atoms with Crippen LogP contribution in [0, 0.1) is 0 Å². The van der Waals surface area contributed by atoms with Crippen LogP contribution in [0.2, 0.25) is 0 Å². The Kier molecular flexibility index (Phi) is 5.45. The number of nitrogens with zero attached hydrogens (tertiary/aromatic N) is 4. The normalized spacial score (nSPS) is 17.5. The zero-order chi connectivity index (χ0) is 18.5. The summed E-state index contributed by atoms with van der Waals surface area (Å²) in [5.41, 5.74) is 4.47. The molecule has 27 heavy (non-hydrogen) atoms. The van der Waals surface area contributed by atoms with Gasteiger partial charge in [0.25, 0.3) is 0 Å². The molecule has 1 N–H and O–H groups in total. The van der Waals surface area contributed by atoms with Gasteiger partial charge in [0, 0.05) is 42.2 Å². The van der Waals surface area contributed by atoms with E-state index < -0.39 is 0 Å². The maximum atomic E-state index is 12.8. The highest BCUT2D eigenvalue weighted by atomic mass is 32.1. The van der Waals surface area contributed by atoms with E-state index in [1.807, 2.05) is 51.5 Å². The van der Waals surface area contributed by atoms with Crippen LogP contribution in [-0.2, 0) is 11.3 Å². The Morgan fingerprint density at radius 2 is 2.33 bits per heavy atom. The van der Waals surface area contributed by atoms with Crippen molar-refractivity contribution >= 4 is 23.1 Å². The lowest BCUT2D eigenvalue weighted by atomic mass is 10.1. The molecule has 8 heteroatoms. The van der Waals surface area contributed by atoms with E-state index in [2.05, 4.69) is 15.4 Å². The van der Waals surface area contributed by atoms with Crippen molar-refractivity contribution in [1.29, 1.82) is 0 Å². The molecule has 2 amide bonds. The molecule has 0 saturated carbocycles. The molecular formula is C19H21N5O2S. The van der Waals surface area contributed by atoms with Gasteiger partial charge < -0.3 is 15.0 Å². The maximum absolute atomic E-state index is 12.8. The summed E-state index contributed by atoms with van der Waals surface area (Å²) in [6.45, 7) is 2.50. The molecule has 1 saturated heterocycles. The summed E-state index contributed by atoms with van der Waals surface area (Å²) in [4.78, 5) is 18.9. The van der Waals surface area contributed by atoms with E-state index in [0.717, 1.165) is 23.4 Å². The highest BCUT2D eigenvalue weighted by Gasteiger charge is 2.23. The monoisotopic (exact) mass is 383 g/mol. The minimum atomic E-state index is -0.110.